The quantitative estimate of drug-likeness (QED) is 0.433. The molecule has 0 radical (unpaired) electrons. The second-order valence-electron chi connectivity index (χ2n) is 6.16. The number of aliphatic hydroxyl groups excluding tert-OH is 1. The van der Waals surface area contributed by atoms with Crippen molar-refractivity contribution >= 4 is 8.32 Å². The smallest absolute Gasteiger partial charge is 0.192 e. The summed E-state index contributed by atoms with van der Waals surface area (Å²) in [6, 6.07) is 0. The molecule has 1 atom stereocenters. The predicted molar refractivity (Wildman–Crippen MR) is 81.0 cm³/mol. The zero-order valence-corrected chi connectivity index (χ0v) is 13.5. The largest absolute Gasteiger partial charge is 0.411 e. The van der Waals surface area contributed by atoms with E-state index in [9.17, 15) is 0 Å². The van der Waals surface area contributed by atoms with Crippen molar-refractivity contribution in [1.29, 1.82) is 0 Å². The molecule has 0 amide bonds. The van der Waals surface area contributed by atoms with Crippen LogP contribution in [-0.2, 0) is 4.43 Å². The lowest BCUT2D eigenvalue weighted by molar-refractivity contribution is 0.204. The lowest BCUT2D eigenvalue weighted by Gasteiger charge is -2.38. The molecule has 3 heteroatoms. The Balaban J connectivity index is 4.58. The van der Waals surface area contributed by atoms with Crippen LogP contribution in [0.2, 0.25) is 18.1 Å². The monoisotopic (exact) mass is 268 g/mol. The maximum atomic E-state index is 8.83. The van der Waals surface area contributed by atoms with Gasteiger partial charge in [-0.2, -0.15) is 0 Å². The summed E-state index contributed by atoms with van der Waals surface area (Å²) in [5.74, 6) is 2.52. The molecule has 0 rings (SSSR count). The van der Waals surface area contributed by atoms with Gasteiger partial charge in [-0.3, -0.25) is 0 Å². The number of terminal acetylenes is 1. The van der Waals surface area contributed by atoms with Crippen molar-refractivity contribution in [2.24, 2.45) is 0 Å². The molecule has 18 heavy (non-hydrogen) atoms. The maximum Gasteiger partial charge on any atom is 0.192 e. The van der Waals surface area contributed by atoms with Crippen LogP contribution in [0.3, 0.4) is 0 Å². The highest BCUT2D eigenvalue weighted by Crippen LogP contribution is 2.37. The number of allylic oxidation sites excluding steroid dienone is 1. The van der Waals surface area contributed by atoms with Crippen molar-refractivity contribution in [3.8, 4) is 12.3 Å². The number of hydrogen-bond acceptors (Lipinski definition) is 2. The molecule has 1 N–H and O–H groups in total. The van der Waals surface area contributed by atoms with Crippen LogP contribution >= 0.6 is 0 Å². The first-order chi connectivity index (χ1) is 8.24. The first-order valence-electron chi connectivity index (χ1n) is 6.66. The van der Waals surface area contributed by atoms with Crippen LogP contribution in [0.15, 0.2) is 12.2 Å². The average Bonchev–Trinajstić information content (AvgIpc) is 2.24. The zero-order chi connectivity index (χ0) is 14.2. The topological polar surface area (TPSA) is 29.5 Å². The molecule has 0 bridgehead atoms. The molecule has 0 saturated carbocycles. The molecule has 0 aromatic rings. The molecule has 0 spiro atoms. The first-order valence-corrected chi connectivity index (χ1v) is 9.57. The molecule has 0 fully saturated rings. The predicted octanol–water partition coefficient (Wildman–Crippen LogP) is 3.73. The Morgan fingerprint density at radius 2 is 1.94 bits per heavy atom. The van der Waals surface area contributed by atoms with E-state index in [1.807, 2.05) is 6.08 Å². The van der Waals surface area contributed by atoms with Gasteiger partial charge in [0.15, 0.2) is 8.32 Å². The summed E-state index contributed by atoms with van der Waals surface area (Å²) in [6.45, 7) is 11.4. The van der Waals surface area contributed by atoms with Crippen LogP contribution in [0.4, 0.5) is 0 Å². The number of aliphatic hydroxyl groups is 1. The summed E-state index contributed by atoms with van der Waals surface area (Å²) >= 11 is 0. The summed E-state index contributed by atoms with van der Waals surface area (Å²) in [5, 5.41) is 9.04. The molecule has 104 valence electrons. The van der Waals surface area contributed by atoms with Gasteiger partial charge < -0.3 is 9.53 Å². The van der Waals surface area contributed by atoms with E-state index in [0.29, 0.717) is 0 Å². The van der Waals surface area contributed by atoms with E-state index in [2.05, 4.69) is 39.8 Å². The third-order valence-corrected chi connectivity index (χ3v) is 8.06. The van der Waals surface area contributed by atoms with Crippen molar-refractivity contribution in [2.75, 3.05) is 6.61 Å². The molecular formula is C15H28O2Si. The van der Waals surface area contributed by atoms with Crippen molar-refractivity contribution < 1.29 is 9.53 Å². The maximum absolute atomic E-state index is 8.83. The molecule has 0 aliphatic carbocycles. The Morgan fingerprint density at radius 3 is 2.39 bits per heavy atom. The van der Waals surface area contributed by atoms with Gasteiger partial charge in [-0.15, -0.1) is 6.42 Å². The van der Waals surface area contributed by atoms with Gasteiger partial charge >= 0.3 is 0 Å². The average molecular weight is 268 g/mol. The van der Waals surface area contributed by atoms with Crippen LogP contribution < -0.4 is 0 Å². The Hall–Kier alpha value is -0.563. The van der Waals surface area contributed by atoms with Crippen molar-refractivity contribution in [3.05, 3.63) is 12.2 Å². The van der Waals surface area contributed by atoms with Gasteiger partial charge in [0.05, 0.1) is 6.10 Å². The lowest BCUT2D eigenvalue weighted by atomic mass is 10.1. The van der Waals surface area contributed by atoms with Crippen LogP contribution in [0.1, 0.15) is 40.0 Å². The van der Waals surface area contributed by atoms with E-state index in [0.717, 1.165) is 19.3 Å². The standard InChI is InChI=1S/C15H28O2Si/c1-7-8-11-14(12-9-10-13-16)17-18(5,6)15(2,3)4/h1,8,11,14,16H,9-10,12-13H2,2-6H3/b11-8-/t14-/m1/s1. The molecule has 0 heterocycles. The minimum absolute atomic E-state index is 0.0773. The van der Waals surface area contributed by atoms with E-state index in [1.54, 1.807) is 6.08 Å². The van der Waals surface area contributed by atoms with Gasteiger partial charge in [0, 0.05) is 6.61 Å². The summed E-state index contributed by atoms with van der Waals surface area (Å²) in [7, 11) is -1.76. The van der Waals surface area contributed by atoms with Crippen molar-refractivity contribution in [1.82, 2.24) is 0 Å². The molecule has 0 unspecified atom stereocenters. The van der Waals surface area contributed by atoms with Crippen LogP contribution in [0, 0.1) is 12.3 Å². The lowest BCUT2D eigenvalue weighted by Crippen LogP contribution is -2.43. The molecule has 0 aromatic carbocycles. The normalized spacial score (nSPS) is 14.7. The Morgan fingerprint density at radius 1 is 1.33 bits per heavy atom. The number of rotatable bonds is 7. The second kappa shape index (κ2) is 7.78. The van der Waals surface area contributed by atoms with E-state index in [4.69, 9.17) is 16.0 Å². The van der Waals surface area contributed by atoms with Gasteiger partial charge in [0.2, 0.25) is 0 Å². The van der Waals surface area contributed by atoms with E-state index < -0.39 is 8.32 Å². The number of unbranched alkanes of at least 4 members (excludes halogenated alkanes) is 1. The highest BCUT2D eigenvalue weighted by atomic mass is 28.4. The fourth-order valence-corrected chi connectivity index (χ4v) is 2.68. The van der Waals surface area contributed by atoms with Gasteiger partial charge in [-0.05, 0) is 49.5 Å². The van der Waals surface area contributed by atoms with Gasteiger partial charge in [-0.25, -0.2) is 0 Å². The van der Waals surface area contributed by atoms with Crippen molar-refractivity contribution in [2.45, 2.75) is 64.3 Å². The Labute approximate surface area is 114 Å². The molecule has 0 aromatic heterocycles. The van der Waals surface area contributed by atoms with Crippen LogP contribution in [-0.4, -0.2) is 26.1 Å². The highest BCUT2D eigenvalue weighted by molar-refractivity contribution is 6.74. The zero-order valence-electron chi connectivity index (χ0n) is 12.5. The van der Waals surface area contributed by atoms with Gasteiger partial charge in [0.25, 0.3) is 0 Å². The third-order valence-electron chi connectivity index (χ3n) is 3.56. The number of hydrogen-bond donors (Lipinski definition) is 1. The van der Waals surface area contributed by atoms with Gasteiger partial charge in [-0.1, -0.05) is 26.7 Å². The fourth-order valence-electron chi connectivity index (χ4n) is 1.37. The van der Waals surface area contributed by atoms with Crippen LogP contribution in [0.5, 0.6) is 0 Å². The van der Waals surface area contributed by atoms with E-state index in [-0.39, 0.29) is 17.7 Å². The summed E-state index contributed by atoms with van der Waals surface area (Å²) in [5.41, 5.74) is 0. The summed E-state index contributed by atoms with van der Waals surface area (Å²) < 4.78 is 6.33. The minimum atomic E-state index is -1.76. The third kappa shape index (κ3) is 6.39. The van der Waals surface area contributed by atoms with E-state index in [1.165, 1.54) is 0 Å². The molecule has 2 nitrogen and oxygen atoms in total. The van der Waals surface area contributed by atoms with Crippen molar-refractivity contribution in [3.63, 3.8) is 0 Å². The van der Waals surface area contributed by atoms with Gasteiger partial charge in [0.1, 0.15) is 0 Å². The van der Waals surface area contributed by atoms with Crippen LogP contribution in [0.25, 0.3) is 0 Å². The molecule has 0 aliphatic rings. The summed E-state index contributed by atoms with van der Waals surface area (Å²) in [4.78, 5) is 0. The highest BCUT2D eigenvalue weighted by Gasteiger charge is 2.38. The first kappa shape index (κ1) is 17.4. The molecule has 0 saturated heterocycles. The van der Waals surface area contributed by atoms with E-state index >= 15 is 0 Å². The second-order valence-corrected chi connectivity index (χ2v) is 10.9. The molecular weight excluding hydrogens is 240 g/mol. The Bertz CT molecular complexity index is 295. The fraction of sp³-hybridized carbons (Fsp3) is 0.733. The summed E-state index contributed by atoms with van der Waals surface area (Å²) in [6.07, 6.45) is 11.7. The molecule has 0 aliphatic heterocycles. The SMILES string of the molecule is C#C/C=C\[C@H](CCCCO)O[Si](C)(C)C(C)(C)C. The Kier molecular flexibility index (Phi) is 7.54. The minimum Gasteiger partial charge on any atom is -0.411 e.